The molecule has 3 heteroatoms. The van der Waals surface area contributed by atoms with Crippen molar-refractivity contribution in [3.8, 4) is 0 Å². The second kappa shape index (κ2) is 6.40. The van der Waals surface area contributed by atoms with Crippen molar-refractivity contribution in [2.45, 2.75) is 0 Å². The summed E-state index contributed by atoms with van der Waals surface area (Å²) in [6.45, 7) is 0. The van der Waals surface area contributed by atoms with Crippen LogP contribution in [0.5, 0.6) is 0 Å². The fourth-order valence-corrected chi connectivity index (χ4v) is 1.60. The minimum atomic E-state index is -0.355. The Labute approximate surface area is 112 Å². The molecule has 0 saturated heterocycles. The summed E-state index contributed by atoms with van der Waals surface area (Å²) in [5.41, 5.74) is 2.99. The Hall–Kier alpha value is -2.55. The van der Waals surface area contributed by atoms with Crippen molar-refractivity contribution >= 4 is 23.4 Å². The number of hydrogen-bond acceptors (Lipinski definition) is 3. The van der Waals surface area contributed by atoms with Crippen LogP contribution in [0.3, 0.4) is 0 Å². The normalized spacial score (nSPS) is 10.4. The molecule has 0 aliphatic rings. The monoisotopic (exact) mass is 253 g/mol. The van der Waals surface area contributed by atoms with Crippen LogP contribution in [0, 0.1) is 0 Å². The van der Waals surface area contributed by atoms with Crippen LogP contribution in [-0.4, -0.2) is 13.1 Å². The molecule has 0 heterocycles. The minimum absolute atomic E-state index is 0.355. The van der Waals surface area contributed by atoms with Crippen LogP contribution in [-0.2, 0) is 9.53 Å². The van der Waals surface area contributed by atoms with E-state index in [0.29, 0.717) is 0 Å². The van der Waals surface area contributed by atoms with Gasteiger partial charge < -0.3 is 10.1 Å². The van der Waals surface area contributed by atoms with E-state index in [1.54, 1.807) is 6.08 Å². The Kier molecular flexibility index (Phi) is 4.34. The Morgan fingerprint density at radius 1 is 1.00 bits per heavy atom. The van der Waals surface area contributed by atoms with E-state index >= 15 is 0 Å². The number of benzene rings is 2. The summed E-state index contributed by atoms with van der Waals surface area (Å²) in [5.74, 6) is -0.355. The number of methoxy groups -OCH3 is 1. The quantitative estimate of drug-likeness (QED) is 0.668. The second-order valence-electron chi connectivity index (χ2n) is 3.97. The molecule has 0 atom stereocenters. The van der Waals surface area contributed by atoms with Crippen molar-refractivity contribution in [2.75, 3.05) is 12.4 Å². The molecule has 3 nitrogen and oxygen atoms in total. The lowest BCUT2D eigenvalue weighted by atomic mass is 10.2. The zero-order valence-corrected chi connectivity index (χ0v) is 10.7. The van der Waals surface area contributed by atoms with Crippen molar-refractivity contribution in [1.82, 2.24) is 0 Å². The number of esters is 1. The fraction of sp³-hybridized carbons (Fsp3) is 0.0625. The van der Waals surface area contributed by atoms with Crippen molar-refractivity contribution in [3.63, 3.8) is 0 Å². The van der Waals surface area contributed by atoms with Gasteiger partial charge in [0.15, 0.2) is 0 Å². The molecule has 0 radical (unpaired) electrons. The zero-order valence-electron chi connectivity index (χ0n) is 10.7. The van der Waals surface area contributed by atoms with Crippen LogP contribution < -0.4 is 5.32 Å². The molecule has 0 aliphatic heterocycles. The number of carbonyl (C=O) groups is 1. The van der Waals surface area contributed by atoms with E-state index in [0.717, 1.165) is 16.9 Å². The van der Waals surface area contributed by atoms with Gasteiger partial charge in [0.25, 0.3) is 0 Å². The predicted molar refractivity (Wildman–Crippen MR) is 77.2 cm³/mol. The minimum Gasteiger partial charge on any atom is -0.466 e. The van der Waals surface area contributed by atoms with Crippen molar-refractivity contribution in [2.24, 2.45) is 0 Å². The standard InChI is InChI=1S/C16H15NO2/c1-19-16(18)12-9-13-7-10-15(11-8-13)17-14-5-3-2-4-6-14/h2-12,17H,1H3/b12-9+. The number of anilines is 2. The number of carbonyl (C=O) groups excluding carboxylic acids is 1. The summed E-state index contributed by atoms with van der Waals surface area (Å²) >= 11 is 0. The van der Waals surface area contributed by atoms with Gasteiger partial charge in [-0.2, -0.15) is 0 Å². The van der Waals surface area contributed by atoms with Gasteiger partial charge in [-0.15, -0.1) is 0 Å². The number of hydrogen-bond donors (Lipinski definition) is 1. The first-order chi connectivity index (χ1) is 9.28. The molecular weight excluding hydrogens is 238 g/mol. The van der Waals surface area contributed by atoms with Gasteiger partial charge in [0.05, 0.1) is 7.11 Å². The first kappa shape index (κ1) is 12.9. The SMILES string of the molecule is COC(=O)/C=C/c1ccc(Nc2ccccc2)cc1. The smallest absolute Gasteiger partial charge is 0.330 e. The van der Waals surface area contributed by atoms with Gasteiger partial charge in [0.2, 0.25) is 0 Å². The number of ether oxygens (including phenoxy) is 1. The summed E-state index contributed by atoms with van der Waals surface area (Å²) in [5, 5.41) is 3.29. The van der Waals surface area contributed by atoms with Gasteiger partial charge in [-0.25, -0.2) is 4.79 Å². The highest BCUT2D eigenvalue weighted by Gasteiger charge is 1.95. The van der Waals surface area contributed by atoms with E-state index in [1.807, 2.05) is 54.6 Å². The molecular formula is C16H15NO2. The third-order valence-corrected chi connectivity index (χ3v) is 2.59. The molecule has 0 fully saturated rings. The fourth-order valence-electron chi connectivity index (χ4n) is 1.60. The maximum absolute atomic E-state index is 11.0. The molecule has 2 aromatic carbocycles. The summed E-state index contributed by atoms with van der Waals surface area (Å²) < 4.78 is 4.54. The zero-order chi connectivity index (χ0) is 13.5. The molecule has 19 heavy (non-hydrogen) atoms. The first-order valence-corrected chi connectivity index (χ1v) is 5.96. The van der Waals surface area contributed by atoms with Crippen LogP contribution in [0.2, 0.25) is 0 Å². The molecule has 96 valence electrons. The van der Waals surface area contributed by atoms with Crippen LogP contribution in [0.15, 0.2) is 60.7 Å². The lowest BCUT2D eigenvalue weighted by molar-refractivity contribution is -0.134. The van der Waals surface area contributed by atoms with Crippen molar-refractivity contribution in [1.29, 1.82) is 0 Å². The largest absolute Gasteiger partial charge is 0.466 e. The molecule has 0 spiro atoms. The maximum atomic E-state index is 11.0. The van der Waals surface area contributed by atoms with E-state index in [1.165, 1.54) is 13.2 Å². The van der Waals surface area contributed by atoms with E-state index in [2.05, 4.69) is 10.1 Å². The summed E-state index contributed by atoms with van der Waals surface area (Å²) in [6.07, 6.45) is 3.12. The van der Waals surface area contributed by atoms with Crippen molar-refractivity contribution in [3.05, 3.63) is 66.2 Å². The van der Waals surface area contributed by atoms with Crippen LogP contribution >= 0.6 is 0 Å². The highest BCUT2D eigenvalue weighted by molar-refractivity contribution is 5.87. The third-order valence-electron chi connectivity index (χ3n) is 2.59. The molecule has 0 unspecified atom stereocenters. The Balaban J connectivity index is 2.03. The topological polar surface area (TPSA) is 38.3 Å². The van der Waals surface area contributed by atoms with Crippen LogP contribution in [0.4, 0.5) is 11.4 Å². The third kappa shape index (κ3) is 4.00. The molecule has 0 saturated carbocycles. The maximum Gasteiger partial charge on any atom is 0.330 e. The van der Waals surface area contributed by atoms with Crippen molar-refractivity contribution < 1.29 is 9.53 Å². The highest BCUT2D eigenvalue weighted by Crippen LogP contribution is 2.17. The lowest BCUT2D eigenvalue weighted by Gasteiger charge is -2.06. The number of nitrogens with one attached hydrogen (secondary N) is 1. The van der Waals surface area contributed by atoms with Crippen LogP contribution in [0.25, 0.3) is 6.08 Å². The van der Waals surface area contributed by atoms with E-state index in [4.69, 9.17) is 0 Å². The predicted octanol–water partition coefficient (Wildman–Crippen LogP) is 3.62. The number of para-hydroxylation sites is 1. The van der Waals surface area contributed by atoms with E-state index in [9.17, 15) is 4.79 Å². The number of rotatable bonds is 4. The summed E-state index contributed by atoms with van der Waals surface area (Å²) in [6, 6.07) is 17.7. The molecule has 2 rings (SSSR count). The average molecular weight is 253 g/mol. The lowest BCUT2D eigenvalue weighted by Crippen LogP contribution is -1.93. The molecule has 1 N–H and O–H groups in total. The highest BCUT2D eigenvalue weighted by atomic mass is 16.5. The van der Waals surface area contributed by atoms with Crippen LogP contribution in [0.1, 0.15) is 5.56 Å². The van der Waals surface area contributed by atoms with Gasteiger partial charge >= 0.3 is 5.97 Å². The van der Waals surface area contributed by atoms with Gasteiger partial charge in [-0.05, 0) is 35.9 Å². The second-order valence-corrected chi connectivity index (χ2v) is 3.97. The van der Waals surface area contributed by atoms with Gasteiger partial charge in [-0.3, -0.25) is 0 Å². The van der Waals surface area contributed by atoms with Gasteiger partial charge in [0.1, 0.15) is 0 Å². The summed E-state index contributed by atoms with van der Waals surface area (Å²) in [4.78, 5) is 11.0. The molecule has 0 bridgehead atoms. The Morgan fingerprint density at radius 2 is 1.63 bits per heavy atom. The van der Waals surface area contributed by atoms with Gasteiger partial charge in [-0.1, -0.05) is 30.3 Å². The Morgan fingerprint density at radius 3 is 2.26 bits per heavy atom. The molecule has 0 aliphatic carbocycles. The first-order valence-electron chi connectivity index (χ1n) is 5.96. The summed E-state index contributed by atoms with van der Waals surface area (Å²) in [7, 11) is 1.36. The Bertz CT molecular complexity index is 559. The molecule has 0 amide bonds. The van der Waals surface area contributed by atoms with Gasteiger partial charge in [0, 0.05) is 17.5 Å². The molecule has 2 aromatic rings. The molecule has 0 aromatic heterocycles. The van der Waals surface area contributed by atoms with E-state index < -0.39 is 0 Å². The van der Waals surface area contributed by atoms with E-state index in [-0.39, 0.29) is 5.97 Å². The average Bonchev–Trinajstić information content (AvgIpc) is 2.47.